The van der Waals surface area contributed by atoms with Gasteiger partial charge in [0.2, 0.25) is 5.89 Å². The maximum Gasteiger partial charge on any atom is 0.309 e. The number of carboxylic acids is 1. The van der Waals surface area contributed by atoms with Gasteiger partial charge in [0.1, 0.15) is 5.52 Å². The minimum absolute atomic E-state index is 0.0649. The number of imidazole rings is 1. The lowest BCUT2D eigenvalue weighted by Gasteiger charge is -2.35. The fourth-order valence-electron chi connectivity index (χ4n) is 10.0. The molecule has 0 unspecified atom stereocenters. The Kier molecular flexibility index (Phi) is 8.88. The van der Waals surface area contributed by atoms with Crippen LogP contribution in [0.2, 0.25) is 5.02 Å². The van der Waals surface area contributed by atoms with Gasteiger partial charge in [-0.25, -0.2) is 9.97 Å². The fraction of sp³-hybridized carbons (Fsp3) is 0.409. The number of benzene rings is 3. The third kappa shape index (κ3) is 6.23. The van der Waals surface area contributed by atoms with Crippen LogP contribution >= 0.6 is 11.6 Å². The summed E-state index contributed by atoms with van der Waals surface area (Å²) in [6.45, 7) is 7.43. The molecular weight excluding hydrogens is 712 g/mol. The van der Waals surface area contributed by atoms with Crippen LogP contribution in [-0.2, 0) is 31.4 Å². The second-order valence-electron chi connectivity index (χ2n) is 16.3. The Bertz CT molecular complexity index is 2410. The van der Waals surface area contributed by atoms with Gasteiger partial charge in [-0.2, -0.15) is 0 Å². The summed E-state index contributed by atoms with van der Waals surface area (Å²) >= 11 is 7.09. The second-order valence-corrected chi connectivity index (χ2v) is 16.7. The van der Waals surface area contributed by atoms with Crippen LogP contribution in [0.25, 0.3) is 33.7 Å². The minimum Gasteiger partial charge on any atom is -0.481 e. The van der Waals surface area contributed by atoms with E-state index in [1.54, 1.807) is 6.07 Å². The molecule has 0 radical (unpaired) electrons. The first-order valence-electron chi connectivity index (χ1n) is 19.4. The maximum absolute atomic E-state index is 13.8. The molecule has 11 heteroatoms. The van der Waals surface area contributed by atoms with Crippen LogP contribution in [0.15, 0.2) is 52.9 Å². The van der Waals surface area contributed by atoms with Crippen LogP contribution in [-0.4, -0.2) is 67.5 Å². The molecule has 2 bridgehead atoms. The zero-order valence-electron chi connectivity index (χ0n) is 31.4. The highest BCUT2D eigenvalue weighted by atomic mass is 35.5. The van der Waals surface area contributed by atoms with Crippen LogP contribution in [0.1, 0.15) is 83.6 Å². The first-order chi connectivity index (χ1) is 26.5. The zero-order chi connectivity index (χ0) is 38.1. The Morgan fingerprint density at radius 1 is 1.00 bits per heavy atom. The Hall–Kier alpha value is -4.95. The molecule has 9 rings (SSSR count). The van der Waals surface area contributed by atoms with Gasteiger partial charge in [-0.1, -0.05) is 41.8 Å². The molecule has 3 fully saturated rings. The van der Waals surface area contributed by atoms with Crippen molar-refractivity contribution in [2.45, 2.75) is 71.4 Å². The number of hydrogen-bond donors (Lipinski definition) is 2. The van der Waals surface area contributed by atoms with Gasteiger partial charge in [0.05, 0.1) is 27.4 Å². The van der Waals surface area contributed by atoms with E-state index >= 15 is 0 Å². The van der Waals surface area contributed by atoms with Gasteiger partial charge in [0, 0.05) is 56.5 Å². The van der Waals surface area contributed by atoms with Crippen LogP contribution in [0.3, 0.4) is 0 Å². The van der Waals surface area contributed by atoms with Gasteiger partial charge in [0.15, 0.2) is 11.4 Å². The zero-order valence-corrected chi connectivity index (χ0v) is 32.1. The monoisotopic (exact) mass is 756 g/mol. The number of carbonyl (C=O) groups is 2. The van der Waals surface area contributed by atoms with E-state index in [4.69, 9.17) is 32.4 Å². The van der Waals surface area contributed by atoms with E-state index in [2.05, 4.69) is 27.1 Å². The molecule has 1 saturated heterocycles. The molecule has 0 atom stereocenters. The molecule has 2 saturated carbocycles. The average molecular weight is 757 g/mol. The third-order valence-corrected chi connectivity index (χ3v) is 13.4. The highest BCUT2D eigenvalue weighted by Crippen LogP contribution is 2.62. The van der Waals surface area contributed by atoms with Crippen molar-refractivity contribution < 1.29 is 19.1 Å². The number of nitrogens with zero attached hydrogens (tertiary/aromatic N) is 5. The summed E-state index contributed by atoms with van der Waals surface area (Å²) in [6, 6.07) is 15.7. The van der Waals surface area contributed by atoms with Crippen molar-refractivity contribution in [1.82, 2.24) is 24.3 Å². The van der Waals surface area contributed by atoms with Crippen molar-refractivity contribution in [2.24, 2.45) is 17.9 Å². The predicted molar refractivity (Wildman–Crippen MR) is 213 cm³/mol. The van der Waals surface area contributed by atoms with E-state index in [-0.39, 0.29) is 11.3 Å². The molecule has 2 aromatic heterocycles. The van der Waals surface area contributed by atoms with Gasteiger partial charge in [0.25, 0.3) is 5.91 Å². The van der Waals surface area contributed by atoms with Gasteiger partial charge in [-0.3, -0.25) is 19.4 Å². The summed E-state index contributed by atoms with van der Waals surface area (Å²) in [6.07, 6.45) is 13.4. The molecule has 2 N–H and O–H groups in total. The molecule has 2 aliphatic carbocycles. The van der Waals surface area contributed by atoms with Gasteiger partial charge in [-0.15, -0.1) is 6.42 Å². The average Bonchev–Trinajstić information content (AvgIpc) is 4.02. The van der Waals surface area contributed by atoms with Crippen molar-refractivity contribution >= 4 is 40.3 Å². The molecule has 1 amide bonds. The van der Waals surface area contributed by atoms with Crippen LogP contribution < -0.4 is 5.32 Å². The predicted octanol–water partition coefficient (Wildman–Crippen LogP) is 8.08. The molecule has 4 heterocycles. The lowest BCUT2D eigenvalue weighted by Crippen LogP contribution is -2.39. The van der Waals surface area contributed by atoms with Gasteiger partial charge >= 0.3 is 5.97 Å². The van der Waals surface area contributed by atoms with E-state index in [0.717, 1.165) is 116 Å². The summed E-state index contributed by atoms with van der Waals surface area (Å²) in [5.41, 5.74) is 8.58. The third-order valence-electron chi connectivity index (χ3n) is 12.9. The Morgan fingerprint density at radius 3 is 2.49 bits per heavy atom. The normalized spacial score (nSPS) is 22.3. The summed E-state index contributed by atoms with van der Waals surface area (Å²) in [7, 11) is 1.89. The second kappa shape index (κ2) is 13.7. The standard InChI is InChI=1S/C44H45ClN6O4/c1-4-29-21-28(23-50-18-5-6-19-50)22-34-38(29)55-41(48-34)31-10-7-9-30(27(31)2)32-11-8-12-33(37(32)45)47-40(52)39-46-35-24-51(20-13-36(35)49(39)3)26-43-14-16-44(25-43,17-15-43)42(53)54/h1,7-12,21-22H,5-6,13-20,23-26H2,2-3H3,(H,47,52)(H,53,54). The summed E-state index contributed by atoms with van der Waals surface area (Å²) in [5, 5.41) is 13.3. The molecule has 2 aliphatic heterocycles. The summed E-state index contributed by atoms with van der Waals surface area (Å²) in [4.78, 5) is 40.4. The molecule has 10 nitrogen and oxygen atoms in total. The number of hydrogen-bond acceptors (Lipinski definition) is 7. The van der Waals surface area contributed by atoms with E-state index in [1.807, 2.05) is 54.9 Å². The highest BCUT2D eigenvalue weighted by Gasteiger charge is 2.58. The number of aromatic nitrogens is 3. The number of amides is 1. The molecule has 3 aromatic carbocycles. The van der Waals surface area contributed by atoms with Crippen molar-refractivity contribution in [3.05, 3.63) is 87.5 Å². The van der Waals surface area contributed by atoms with Crippen LogP contribution in [0, 0.1) is 30.1 Å². The lowest BCUT2D eigenvalue weighted by atomic mass is 9.81. The van der Waals surface area contributed by atoms with Gasteiger partial charge < -0.3 is 19.4 Å². The number of fused-ring (bicyclic) bond motifs is 4. The van der Waals surface area contributed by atoms with E-state index in [0.29, 0.717) is 40.1 Å². The first-order valence-corrected chi connectivity index (χ1v) is 19.8. The SMILES string of the molecule is C#Cc1cc(CN2CCCC2)cc2nc(-c3cccc(-c4cccc(NC(=O)c5nc6c(n5C)CCN(CC57CCC(C(=O)O)(CC5)C7)C6)c4Cl)c3C)oc12. The number of likely N-dealkylation sites (tertiary alicyclic amines) is 1. The highest BCUT2D eigenvalue weighted by molar-refractivity contribution is 6.36. The quantitative estimate of drug-likeness (QED) is 0.145. The Morgan fingerprint density at radius 2 is 1.75 bits per heavy atom. The number of rotatable bonds is 9. The summed E-state index contributed by atoms with van der Waals surface area (Å²) in [5.74, 6) is 2.66. The topological polar surface area (TPSA) is 117 Å². The van der Waals surface area contributed by atoms with E-state index in [1.165, 1.54) is 12.8 Å². The minimum atomic E-state index is -0.636. The van der Waals surface area contributed by atoms with E-state index < -0.39 is 11.4 Å². The number of carboxylic acid groups (broad SMARTS) is 1. The van der Waals surface area contributed by atoms with E-state index in [9.17, 15) is 14.7 Å². The fourth-order valence-corrected chi connectivity index (χ4v) is 10.3. The summed E-state index contributed by atoms with van der Waals surface area (Å²) < 4.78 is 8.24. The number of terminal acetylenes is 1. The first kappa shape index (κ1) is 35.7. The van der Waals surface area contributed by atoms with Crippen LogP contribution in [0.4, 0.5) is 5.69 Å². The maximum atomic E-state index is 13.8. The smallest absolute Gasteiger partial charge is 0.309 e. The number of halogens is 1. The number of nitrogens with one attached hydrogen (secondary N) is 1. The largest absolute Gasteiger partial charge is 0.481 e. The van der Waals surface area contributed by atoms with Crippen molar-refractivity contribution in [3.8, 4) is 34.9 Å². The Labute approximate surface area is 325 Å². The molecule has 5 aromatic rings. The number of aliphatic carboxylic acids is 1. The molecular formula is C44H45ClN6O4. The lowest BCUT2D eigenvalue weighted by molar-refractivity contribution is -0.148. The van der Waals surface area contributed by atoms with Gasteiger partial charge in [-0.05, 0) is 111 Å². The van der Waals surface area contributed by atoms with Crippen molar-refractivity contribution in [3.63, 3.8) is 0 Å². The Balaban J connectivity index is 0.938. The molecule has 4 aliphatic rings. The molecule has 0 spiro atoms. The van der Waals surface area contributed by atoms with Crippen molar-refractivity contribution in [1.29, 1.82) is 0 Å². The number of carbonyl (C=O) groups excluding carboxylic acids is 1. The number of oxazole rings is 1. The molecule has 55 heavy (non-hydrogen) atoms. The molecule has 282 valence electrons. The van der Waals surface area contributed by atoms with Crippen molar-refractivity contribution in [2.75, 3.05) is 31.5 Å². The number of anilines is 1. The van der Waals surface area contributed by atoms with Crippen LogP contribution in [0.5, 0.6) is 0 Å².